The van der Waals surface area contributed by atoms with Crippen LogP contribution in [0.2, 0.25) is 0 Å². The van der Waals surface area contributed by atoms with Crippen molar-refractivity contribution in [2.45, 2.75) is 31.6 Å². The molecule has 176 valence electrons. The van der Waals surface area contributed by atoms with Gasteiger partial charge < -0.3 is 15.2 Å². The average Bonchev–Trinajstić information content (AvgIpc) is 3.29. The van der Waals surface area contributed by atoms with E-state index in [4.69, 9.17) is 9.84 Å². The van der Waals surface area contributed by atoms with Crippen LogP contribution >= 0.6 is 0 Å². The highest BCUT2D eigenvalue weighted by Crippen LogP contribution is 2.65. The van der Waals surface area contributed by atoms with E-state index in [2.05, 4.69) is 29.4 Å². The number of aliphatic carboxylic acids is 1. The molecule has 1 aliphatic heterocycles. The van der Waals surface area contributed by atoms with Gasteiger partial charge >= 0.3 is 5.97 Å². The molecule has 1 saturated carbocycles. The summed E-state index contributed by atoms with van der Waals surface area (Å²) in [6.45, 7) is 2.51. The van der Waals surface area contributed by atoms with E-state index in [9.17, 15) is 14.9 Å². The number of amides is 1. The van der Waals surface area contributed by atoms with Crippen LogP contribution in [0.15, 0.2) is 60.9 Å². The van der Waals surface area contributed by atoms with Crippen LogP contribution in [0.4, 0.5) is 5.69 Å². The summed E-state index contributed by atoms with van der Waals surface area (Å²) in [6, 6.07) is 17.2. The fourth-order valence-electron chi connectivity index (χ4n) is 5.35. The fraction of sp³-hybridized carbons (Fsp3) is 0.286. The molecule has 0 radical (unpaired) electrons. The molecule has 2 heterocycles. The zero-order valence-electron chi connectivity index (χ0n) is 19.3. The fourth-order valence-corrected chi connectivity index (χ4v) is 5.35. The second-order valence-electron chi connectivity index (χ2n) is 9.27. The molecule has 35 heavy (non-hydrogen) atoms. The predicted molar refractivity (Wildman–Crippen MR) is 130 cm³/mol. The van der Waals surface area contributed by atoms with Crippen molar-refractivity contribution < 1.29 is 19.4 Å². The molecule has 1 amide bonds. The largest absolute Gasteiger partial charge is 0.492 e. The van der Waals surface area contributed by atoms with Crippen molar-refractivity contribution in [3.63, 3.8) is 0 Å². The molecular formula is C28H25N3O4. The van der Waals surface area contributed by atoms with Crippen molar-refractivity contribution in [1.82, 2.24) is 4.98 Å². The highest BCUT2D eigenvalue weighted by Gasteiger charge is 2.69. The lowest BCUT2D eigenvalue weighted by atomic mass is 9.91. The topological polar surface area (TPSA) is 112 Å². The first kappa shape index (κ1) is 22.6. The van der Waals surface area contributed by atoms with Gasteiger partial charge in [0, 0.05) is 41.0 Å². The van der Waals surface area contributed by atoms with E-state index in [0.29, 0.717) is 30.7 Å². The number of pyridine rings is 1. The van der Waals surface area contributed by atoms with Crippen molar-refractivity contribution in [3.8, 4) is 22.9 Å². The number of carboxylic acids is 1. The van der Waals surface area contributed by atoms with Crippen LogP contribution in [-0.4, -0.2) is 28.6 Å². The van der Waals surface area contributed by atoms with E-state index in [0.717, 1.165) is 28.0 Å². The second kappa shape index (κ2) is 8.88. The van der Waals surface area contributed by atoms with Crippen LogP contribution in [0.1, 0.15) is 36.5 Å². The van der Waals surface area contributed by atoms with E-state index in [1.807, 2.05) is 30.5 Å². The van der Waals surface area contributed by atoms with Gasteiger partial charge in [-0.05, 0) is 60.2 Å². The lowest BCUT2D eigenvalue weighted by Crippen LogP contribution is -2.23. The number of carbonyl (C=O) groups excluding carboxylic acids is 1. The van der Waals surface area contributed by atoms with Gasteiger partial charge in [0.1, 0.15) is 5.75 Å². The Labute approximate surface area is 203 Å². The second-order valence-corrected chi connectivity index (χ2v) is 9.27. The van der Waals surface area contributed by atoms with E-state index in [1.165, 1.54) is 0 Å². The average molecular weight is 468 g/mol. The molecule has 1 aromatic heterocycles. The summed E-state index contributed by atoms with van der Waals surface area (Å²) in [5, 5.41) is 21.3. The number of aromatic nitrogens is 1. The van der Waals surface area contributed by atoms with E-state index in [1.54, 1.807) is 24.4 Å². The Kier molecular flexibility index (Phi) is 5.73. The lowest BCUT2D eigenvalue weighted by Gasteiger charge is -2.14. The minimum Gasteiger partial charge on any atom is -0.492 e. The quantitative estimate of drug-likeness (QED) is 0.527. The molecule has 1 aliphatic carbocycles. The SMILES string of the molecule is C[C@H]1[C@@H](C(=O)Nc2cc(C#N)ccc2CCCC(=O)O)[C@@]12COc1ccc(-c3cccnc3)cc12. The number of nitrogens with zero attached hydrogens (tertiary/aromatic N) is 2. The smallest absolute Gasteiger partial charge is 0.303 e. The summed E-state index contributed by atoms with van der Waals surface area (Å²) in [5.41, 5.74) is 4.51. The van der Waals surface area contributed by atoms with Crippen LogP contribution < -0.4 is 10.1 Å². The molecule has 3 aromatic rings. The number of anilines is 1. The van der Waals surface area contributed by atoms with Gasteiger partial charge in [-0.15, -0.1) is 0 Å². The van der Waals surface area contributed by atoms with E-state index in [-0.39, 0.29) is 24.2 Å². The van der Waals surface area contributed by atoms with Gasteiger partial charge in [-0.25, -0.2) is 0 Å². The first-order valence-corrected chi connectivity index (χ1v) is 11.7. The molecule has 2 aliphatic rings. The van der Waals surface area contributed by atoms with Crippen molar-refractivity contribution in [3.05, 3.63) is 77.6 Å². The van der Waals surface area contributed by atoms with Gasteiger partial charge in [0.25, 0.3) is 0 Å². The maximum atomic E-state index is 13.5. The van der Waals surface area contributed by atoms with Crippen LogP contribution in [-0.2, 0) is 21.4 Å². The molecule has 0 unspecified atom stereocenters. The van der Waals surface area contributed by atoms with E-state index >= 15 is 0 Å². The molecule has 2 N–H and O–H groups in total. The Hall–Kier alpha value is -4.18. The Morgan fingerprint density at radius 1 is 1.23 bits per heavy atom. The summed E-state index contributed by atoms with van der Waals surface area (Å²) in [7, 11) is 0. The monoisotopic (exact) mass is 467 g/mol. The number of nitriles is 1. The molecule has 1 spiro atoms. The first-order valence-electron chi connectivity index (χ1n) is 11.7. The molecular weight excluding hydrogens is 442 g/mol. The summed E-state index contributed by atoms with van der Waals surface area (Å²) in [6.07, 6.45) is 4.55. The van der Waals surface area contributed by atoms with E-state index < -0.39 is 11.4 Å². The summed E-state index contributed by atoms with van der Waals surface area (Å²) in [5.74, 6) is -0.354. The van der Waals surface area contributed by atoms with Crippen molar-refractivity contribution in [1.29, 1.82) is 5.26 Å². The summed E-state index contributed by atoms with van der Waals surface area (Å²) >= 11 is 0. The zero-order valence-corrected chi connectivity index (χ0v) is 19.3. The van der Waals surface area contributed by atoms with Gasteiger partial charge in [-0.2, -0.15) is 5.26 Å². The molecule has 7 heteroatoms. The third-order valence-electron chi connectivity index (χ3n) is 7.32. The molecule has 3 atom stereocenters. The zero-order chi connectivity index (χ0) is 24.6. The minimum absolute atomic E-state index is 0.0452. The van der Waals surface area contributed by atoms with Crippen LogP contribution in [0.25, 0.3) is 11.1 Å². The number of ether oxygens (including phenoxy) is 1. The number of carbonyl (C=O) groups is 2. The Bertz CT molecular complexity index is 1350. The Morgan fingerprint density at radius 3 is 2.83 bits per heavy atom. The molecule has 7 nitrogen and oxygen atoms in total. The maximum absolute atomic E-state index is 13.5. The van der Waals surface area contributed by atoms with Crippen molar-refractivity contribution in [2.75, 3.05) is 11.9 Å². The number of hydrogen-bond acceptors (Lipinski definition) is 5. The standard InChI is InChI=1S/C28H25N3O4/c1-17-26(27(34)31-23-12-18(14-29)7-8-19(23)4-2-6-25(32)33)28(17)16-35-24-10-9-20(13-22(24)28)21-5-3-11-30-15-21/h3,5,7-13,15,17,26H,2,4,6,16H2,1H3,(H,31,34)(H,32,33)/t17-,26-,28-/m0/s1. The minimum atomic E-state index is -0.858. The molecule has 1 fully saturated rings. The molecule has 0 saturated heterocycles. The lowest BCUT2D eigenvalue weighted by molar-refractivity contribution is -0.137. The van der Waals surface area contributed by atoms with Gasteiger partial charge in [0.15, 0.2) is 0 Å². The van der Waals surface area contributed by atoms with Crippen molar-refractivity contribution in [2.24, 2.45) is 11.8 Å². The summed E-state index contributed by atoms with van der Waals surface area (Å²) in [4.78, 5) is 28.6. The number of rotatable bonds is 7. The molecule has 5 rings (SSSR count). The Morgan fingerprint density at radius 2 is 2.09 bits per heavy atom. The van der Waals surface area contributed by atoms with Crippen molar-refractivity contribution >= 4 is 17.6 Å². The maximum Gasteiger partial charge on any atom is 0.303 e. The van der Waals surface area contributed by atoms with Crippen LogP contribution in [0.3, 0.4) is 0 Å². The van der Waals surface area contributed by atoms with Crippen LogP contribution in [0.5, 0.6) is 5.75 Å². The van der Waals surface area contributed by atoms with Gasteiger partial charge in [-0.1, -0.05) is 25.1 Å². The summed E-state index contributed by atoms with van der Waals surface area (Å²) < 4.78 is 6.01. The highest BCUT2D eigenvalue weighted by molar-refractivity contribution is 5.98. The van der Waals surface area contributed by atoms with Crippen LogP contribution in [0, 0.1) is 23.2 Å². The van der Waals surface area contributed by atoms with Gasteiger partial charge in [0.2, 0.25) is 5.91 Å². The highest BCUT2D eigenvalue weighted by atomic mass is 16.5. The molecule has 0 bridgehead atoms. The Balaban J connectivity index is 1.40. The van der Waals surface area contributed by atoms with Gasteiger partial charge in [0.05, 0.1) is 24.2 Å². The number of nitrogens with one attached hydrogen (secondary N) is 1. The number of aryl methyl sites for hydroxylation is 1. The number of carboxylic acid groups (broad SMARTS) is 1. The van der Waals surface area contributed by atoms with Gasteiger partial charge in [-0.3, -0.25) is 14.6 Å². The predicted octanol–water partition coefficient (Wildman–Crippen LogP) is 4.56. The number of benzene rings is 2. The molecule has 2 aromatic carbocycles. The third-order valence-corrected chi connectivity index (χ3v) is 7.32. The number of fused-ring (bicyclic) bond motifs is 2. The first-order chi connectivity index (χ1) is 16.9. The third kappa shape index (κ3) is 4.01. The number of hydrogen-bond donors (Lipinski definition) is 2. The normalized spacial score (nSPS) is 21.6.